The molecule has 3 aromatic rings. The molecule has 4 N–H and O–H groups in total. The number of nitrogens with two attached hydrogens (primary N) is 2. The van der Waals surface area contributed by atoms with Crippen molar-refractivity contribution >= 4 is 34.1 Å². The van der Waals surface area contributed by atoms with Gasteiger partial charge in [0.1, 0.15) is 0 Å². The van der Waals surface area contributed by atoms with Gasteiger partial charge in [0.05, 0.1) is 11.4 Å². The maximum absolute atomic E-state index is 6.95. The minimum Gasteiger partial charge on any atom is -0.402 e. The first-order valence-corrected chi connectivity index (χ1v) is 12.9. The van der Waals surface area contributed by atoms with Crippen LogP contribution in [0.3, 0.4) is 0 Å². The zero-order chi connectivity index (χ0) is 22.3. The van der Waals surface area contributed by atoms with E-state index in [-0.39, 0.29) is 0 Å². The third kappa shape index (κ3) is 5.68. The Balaban J connectivity index is 1.82. The minimum atomic E-state index is 0.407. The summed E-state index contributed by atoms with van der Waals surface area (Å²) in [5.74, 6) is 0.407. The zero-order valence-corrected chi connectivity index (χ0v) is 20.1. The van der Waals surface area contributed by atoms with Gasteiger partial charge < -0.3 is 5.73 Å². The number of aliphatic imine (C=N–C) groups is 1. The highest BCUT2D eigenvalue weighted by atomic mass is 32.2. The average molecular weight is 463 g/mol. The van der Waals surface area contributed by atoms with Crippen LogP contribution in [0.15, 0.2) is 81.1 Å². The van der Waals surface area contributed by atoms with Gasteiger partial charge in [-0.05, 0) is 55.3 Å². The van der Waals surface area contributed by atoms with Gasteiger partial charge in [0.15, 0.2) is 0 Å². The molecule has 0 aliphatic heterocycles. The normalized spacial score (nSPS) is 16.1. The zero-order valence-electron chi connectivity index (χ0n) is 18.5. The lowest BCUT2D eigenvalue weighted by molar-refractivity contribution is 0.398. The summed E-state index contributed by atoms with van der Waals surface area (Å²) in [5.41, 5.74) is 13.2. The van der Waals surface area contributed by atoms with Crippen LogP contribution in [0.4, 0.5) is 5.13 Å². The minimum absolute atomic E-state index is 0.407. The largest absolute Gasteiger partial charge is 0.402 e. The molecule has 0 bridgehead atoms. The molecule has 1 aromatic heterocycles. The highest BCUT2D eigenvalue weighted by Gasteiger charge is 2.23. The number of allylic oxidation sites excluding steroid dienone is 2. The van der Waals surface area contributed by atoms with E-state index < -0.39 is 0 Å². The van der Waals surface area contributed by atoms with E-state index in [1.54, 1.807) is 11.3 Å². The highest BCUT2D eigenvalue weighted by molar-refractivity contribution is 7.97. The van der Waals surface area contributed by atoms with Gasteiger partial charge in [-0.2, -0.15) is 0 Å². The lowest BCUT2D eigenvalue weighted by Gasteiger charge is -2.25. The predicted molar refractivity (Wildman–Crippen MR) is 137 cm³/mol. The van der Waals surface area contributed by atoms with Gasteiger partial charge in [0.2, 0.25) is 5.13 Å². The number of rotatable bonds is 7. The maximum atomic E-state index is 6.95. The Morgan fingerprint density at radius 3 is 2.41 bits per heavy atom. The molecule has 0 atom stereocenters. The molecule has 0 radical (unpaired) electrons. The molecule has 32 heavy (non-hydrogen) atoms. The molecule has 1 heterocycles. The van der Waals surface area contributed by atoms with Crippen molar-refractivity contribution in [1.82, 2.24) is 4.98 Å². The summed E-state index contributed by atoms with van der Waals surface area (Å²) in [5, 5.41) is 8.53. The third-order valence-corrected chi connectivity index (χ3v) is 7.38. The SMILES string of the molecule is Cc1csc(N=C(C(Cc2ccc(SN)cc2)=C(N)C2CCCCC2)c2ccccc2)n1. The predicted octanol–water partition coefficient (Wildman–Crippen LogP) is 6.57. The summed E-state index contributed by atoms with van der Waals surface area (Å²) >= 11 is 2.84. The number of hydrogen-bond acceptors (Lipinski definition) is 6. The fourth-order valence-corrected chi connectivity index (χ4v) is 5.23. The molecule has 0 spiro atoms. The Hall–Kier alpha value is -2.41. The van der Waals surface area contributed by atoms with Gasteiger partial charge in [0.25, 0.3) is 0 Å². The average Bonchev–Trinajstić information content (AvgIpc) is 3.27. The van der Waals surface area contributed by atoms with Crippen molar-refractivity contribution in [3.63, 3.8) is 0 Å². The Kier molecular flexibility index (Phi) is 7.79. The van der Waals surface area contributed by atoms with Gasteiger partial charge in [-0.1, -0.05) is 61.7 Å². The molecule has 0 saturated heterocycles. The summed E-state index contributed by atoms with van der Waals surface area (Å²) in [6, 6.07) is 18.8. The number of thiazole rings is 1. The van der Waals surface area contributed by atoms with Crippen molar-refractivity contribution in [3.05, 3.63) is 88.1 Å². The second-order valence-electron chi connectivity index (χ2n) is 8.31. The third-order valence-electron chi connectivity index (χ3n) is 5.98. The topological polar surface area (TPSA) is 77.3 Å². The van der Waals surface area contributed by atoms with Gasteiger partial charge in [-0.15, -0.1) is 11.3 Å². The van der Waals surface area contributed by atoms with Crippen molar-refractivity contribution in [3.8, 4) is 0 Å². The number of aromatic nitrogens is 1. The molecule has 4 rings (SSSR count). The van der Waals surface area contributed by atoms with Crippen LogP contribution in [0.25, 0.3) is 0 Å². The van der Waals surface area contributed by atoms with Crippen molar-refractivity contribution in [2.75, 3.05) is 0 Å². The van der Waals surface area contributed by atoms with E-state index in [2.05, 4.69) is 53.5 Å². The lowest BCUT2D eigenvalue weighted by atomic mass is 9.82. The van der Waals surface area contributed by atoms with Crippen LogP contribution in [0, 0.1) is 12.8 Å². The first-order chi connectivity index (χ1) is 15.6. The Morgan fingerprint density at radius 2 is 1.78 bits per heavy atom. The quantitative estimate of drug-likeness (QED) is 0.307. The second-order valence-corrected chi connectivity index (χ2v) is 9.85. The van der Waals surface area contributed by atoms with Crippen LogP contribution < -0.4 is 10.9 Å². The number of nitrogens with zero attached hydrogens (tertiary/aromatic N) is 2. The Labute approximate surface area is 199 Å². The van der Waals surface area contributed by atoms with E-state index in [0.29, 0.717) is 5.92 Å². The van der Waals surface area contributed by atoms with E-state index in [1.807, 2.05) is 18.4 Å². The molecule has 1 fully saturated rings. The summed E-state index contributed by atoms with van der Waals surface area (Å²) < 4.78 is 0. The molecule has 0 amide bonds. The van der Waals surface area contributed by atoms with E-state index >= 15 is 0 Å². The van der Waals surface area contributed by atoms with Gasteiger partial charge in [-0.25, -0.2) is 9.98 Å². The molecule has 1 aliphatic rings. The van der Waals surface area contributed by atoms with Gasteiger partial charge >= 0.3 is 0 Å². The van der Waals surface area contributed by atoms with E-state index in [9.17, 15) is 0 Å². The fraction of sp³-hybridized carbons (Fsp3) is 0.308. The molecule has 166 valence electrons. The van der Waals surface area contributed by atoms with Crippen molar-refractivity contribution in [2.24, 2.45) is 21.8 Å². The molecule has 0 unspecified atom stereocenters. The van der Waals surface area contributed by atoms with E-state index in [0.717, 1.165) is 57.5 Å². The Bertz CT molecular complexity index is 1080. The summed E-state index contributed by atoms with van der Waals surface area (Å²) in [4.78, 5) is 10.7. The van der Waals surface area contributed by atoms with Crippen molar-refractivity contribution in [1.29, 1.82) is 0 Å². The Morgan fingerprint density at radius 1 is 1.06 bits per heavy atom. The first kappa shape index (κ1) is 22.8. The number of benzene rings is 2. The van der Waals surface area contributed by atoms with Crippen LogP contribution in [-0.4, -0.2) is 10.7 Å². The van der Waals surface area contributed by atoms with Gasteiger partial charge in [0, 0.05) is 33.5 Å². The first-order valence-electron chi connectivity index (χ1n) is 11.1. The molecular weight excluding hydrogens is 432 g/mol. The fourth-order valence-electron chi connectivity index (χ4n) is 4.26. The van der Waals surface area contributed by atoms with Crippen LogP contribution in [-0.2, 0) is 6.42 Å². The van der Waals surface area contributed by atoms with Crippen molar-refractivity contribution in [2.45, 2.75) is 50.3 Å². The van der Waals surface area contributed by atoms with Crippen LogP contribution in [0.2, 0.25) is 0 Å². The summed E-state index contributed by atoms with van der Waals surface area (Å²) in [6.07, 6.45) is 6.81. The molecule has 1 saturated carbocycles. The van der Waals surface area contributed by atoms with Crippen molar-refractivity contribution < 1.29 is 0 Å². The van der Waals surface area contributed by atoms with Crippen LogP contribution in [0.1, 0.15) is 48.9 Å². The monoisotopic (exact) mass is 462 g/mol. The lowest BCUT2D eigenvalue weighted by Crippen LogP contribution is -2.22. The maximum Gasteiger partial charge on any atom is 0.209 e. The van der Waals surface area contributed by atoms with E-state index in [4.69, 9.17) is 15.9 Å². The summed E-state index contributed by atoms with van der Waals surface area (Å²) in [7, 11) is 0. The molecule has 2 aromatic carbocycles. The second kappa shape index (κ2) is 10.9. The van der Waals surface area contributed by atoms with Crippen LogP contribution >= 0.6 is 23.3 Å². The number of hydrogen-bond donors (Lipinski definition) is 2. The van der Waals surface area contributed by atoms with E-state index in [1.165, 1.54) is 36.8 Å². The summed E-state index contributed by atoms with van der Waals surface area (Å²) in [6.45, 7) is 2.00. The molecule has 6 heteroatoms. The molecule has 4 nitrogen and oxygen atoms in total. The van der Waals surface area contributed by atoms with Crippen LogP contribution in [0.5, 0.6) is 0 Å². The molecular formula is C26H30N4S2. The smallest absolute Gasteiger partial charge is 0.209 e. The highest BCUT2D eigenvalue weighted by Crippen LogP contribution is 2.32. The molecule has 1 aliphatic carbocycles. The number of aryl methyl sites for hydroxylation is 1. The standard InChI is InChI=1S/C26H30N4S2/c1-18-17-31-26(29-18)30-25(21-10-6-3-7-11-21)23(24(27)20-8-4-2-5-9-20)16-19-12-14-22(32-28)15-13-19/h3,6-7,10-15,17,20H,2,4-5,8-9,16,27-28H2,1H3. The van der Waals surface area contributed by atoms with Gasteiger partial charge in [-0.3, -0.25) is 5.14 Å².